The molecule has 2 aromatic rings. The maximum Gasteiger partial charge on any atom is 0.323 e. The lowest BCUT2D eigenvalue weighted by molar-refractivity contribution is -0.156. The standard InChI is InChI=1S/C25H38ClN8O5PS/c1-14-11-18(37-22(14)34-13-28-19-20(31-33-41-6)29-24(27)30-21(19)34)12-36-40(39-17-9-7-16(26)8-10-17)32-15(2)23(35)38-25(3,4)5/h7-10,14-15,18,22,28,32-33H,11-13H2,1-6H3,(H3,27,29,30,31)/t14?,15?,18?,22-,40?/m1/s1. The van der Waals surface area contributed by atoms with Gasteiger partial charge in [-0.3, -0.25) is 10.2 Å². The largest absolute Gasteiger partial charge is 0.459 e. The van der Waals surface area contributed by atoms with E-state index in [0.29, 0.717) is 29.1 Å². The van der Waals surface area contributed by atoms with Crippen LogP contribution in [0, 0.1) is 5.92 Å². The number of carbonyl (C=O) groups is 1. The maximum atomic E-state index is 12.6. The average molecular weight is 629 g/mol. The van der Waals surface area contributed by atoms with Crippen molar-refractivity contribution in [2.45, 2.75) is 65.0 Å². The Kier molecular flexibility index (Phi) is 10.6. The van der Waals surface area contributed by atoms with Gasteiger partial charge in [-0.1, -0.05) is 30.5 Å². The molecule has 0 spiro atoms. The molecule has 0 saturated carbocycles. The van der Waals surface area contributed by atoms with E-state index in [1.165, 1.54) is 11.9 Å². The Morgan fingerprint density at radius 1 is 1.34 bits per heavy atom. The van der Waals surface area contributed by atoms with Gasteiger partial charge in [-0.05, 0) is 64.6 Å². The minimum atomic E-state index is -1.73. The first-order valence-corrected chi connectivity index (χ1v) is 15.9. The summed E-state index contributed by atoms with van der Waals surface area (Å²) in [5, 5.41) is 7.07. The average Bonchev–Trinajstić information content (AvgIpc) is 3.48. The third kappa shape index (κ3) is 8.60. The molecule has 5 atom stereocenters. The molecular formula is C25H38ClN8O5PS. The Balaban J connectivity index is 1.41. The monoisotopic (exact) mass is 628 g/mol. The molecular weight excluding hydrogens is 591 g/mol. The van der Waals surface area contributed by atoms with Crippen molar-refractivity contribution in [2.75, 3.05) is 40.9 Å². The van der Waals surface area contributed by atoms with Crippen LogP contribution in [0.3, 0.4) is 0 Å². The number of halogens is 1. The van der Waals surface area contributed by atoms with Crippen LogP contribution < -0.4 is 35.8 Å². The molecule has 1 saturated heterocycles. The summed E-state index contributed by atoms with van der Waals surface area (Å²) >= 11 is 7.43. The molecule has 4 rings (SSSR count). The first-order chi connectivity index (χ1) is 19.4. The summed E-state index contributed by atoms with van der Waals surface area (Å²) in [7, 11) is -1.73. The lowest BCUT2D eigenvalue weighted by atomic mass is 10.1. The molecule has 41 heavy (non-hydrogen) atoms. The van der Waals surface area contributed by atoms with Crippen LogP contribution in [0.25, 0.3) is 0 Å². The Labute approximate surface area is 251 Å². The number of nitrogen functional groups attached to an aromatic ring is 1. The number of benzene rings is 1. The Hall–Kier alpha value is -2.32. The van der Waals surface area contributed by atoms with Gasteiger partial charge in [0.05, 0.1) is 19.4 Å². The number of nitrogens with one attached hydrogen (secondary N) is 4. The van der Waals surface area contributed by atoms with Crippen LogP contribution in [0.5, 0.6) is 5.75 Å². The lowest BCUT2D eigenvalue weighted by Gasteiger charge is -2.28. The SMILES string of the molecule is CSNNc1nc(N)nc2c1NCN2[C@@H]1OC(COP(NC(C)C(=O)OC(C)(C)C)Oc2ccc(Cl)cc2)CC1C. The van der Waals surface area contributed by atoms with Gasteiger partial charge in [0.25, 0.3) is 0 Å². The van der Waals surface area contributed by atoms with E-state index in [9.17, 15) is 4.79 Å². The zero-order valence-electron chi connectivity index (χ0n) is 23.9. The van der Waals surface area contributed by atoms with Crippen LogP contribution in [-0.4, -0.2) is 59.4 Å². The van der Waals surface area contributed by atoms with Gasteiger partial charge in [-0.25, -0.2) is 5.09 Å². The van der Waals surface area contributed by atoms with E-state index < -0.39 is 26.1 Å². The van der Waals surface area contributed by atoms with Gasteiger partial charge in [0, 0.05) is 10.9 Å². The number of hydrazine groups is 1. The maximum absolute atomic E-state index is 12.6. The highest BCUT2D eigenvalue weighted by molar-refractivity contribution is 7.96. The van der Waals surface area contributed by atoms with Crippen LogP contribution in [0.15, 0.2) is 24.3 Å². The number of aromatic nitrogens is 2. The molecule has 4 unspecified atom stereocenters. The summed E-state index contributed by atoms with van der Waals surface area (Å²) in [4.78, 5) is 26.4. The molecule has 3 heterocycles. The van der Waals surface area contributed by atoms with Crippen LogP contribution in [0.4, 0.5) is 23.3 Å². The molecule has 2 aliphatic rings. The molecule has 1 fully saturated rings. The number of rotatable bonds is 12. The van der Waals surface area contributed by atoms with Crippen molar-refractivity contribution in [2.24, 2.45) is 5.92 Å². The molecule has 1 aromatic heterocycles. The molecule has 226 valence electrons. The van der Waals surface area contributed by atoms with Crippen molar-refractivity contribution in [1.82, 2.24) is 19.9 Å². The Morgan fingerprint density at radius 2 is 2.07 bits per heavy atom. The van der Waals surface area contributed by atoms with Crippen molar-refractivity contribution in [3.8, 4) is 5.75 Å². The number of carbonyl (C=O) groups excluding carboxylic acids is 1. The van der Waals surface area contributed by atoms with E-state index >= 15 is 0 Å². The quantitative estimate of drug-likeness (QED) is 0.0969. The van der Waals surface area contributed by atoms with Gasteiger partial charge in [0.1, 0.15) is 29.3 Å². The molecule has 0 radical (unpaired) electrons. The lowest BCUT2D eigenvalue weighted by Crippen LogP contribution is -2.39. The van der Waals surface area contributed by atoms with Gasteiger partial charge in [-0.15, -0.1) is 0 Å². The number of hydrogen-bond donors (Lipinski definition) is 5. The van der Waals surface area contributed by atoms with Gasteiger partial charge < -0.3 is 34.5 Å². The summed E-state index contributed by atoms with van der Waals surface area (Å²) in [5.74, 6) is 1.71. The van der Waals surface area contributed by atoms with Gasteiger partial charge in [0.2, 0.25) is 5.95 Å². The fraction of sp³-hybridized carbons (Fsp3) is 0.560. The fourth-order valence-corrected chi connectivity index (χ4v) is 5.86. The molecule has 16 heteroatoms. The zero-order chi connectivity index (χ0) is 29.7. The van der Waals surface area contributed by atoms with E-state index in [0.717, 1.165) is 12.1 Å². The van der Waals surface area contributed by atoms with E-state index in [1.807, 2.05) is 31.9 Å². The minimum Gasteiger partial charge on any atom is -0.459 e. The highest BCUT2D eigenvalue weighted by atomic mass is 35.5. The van der Waals surface area contributed by atoms with Crippen molar-refractivity contribution in [1.29, 1.82) is 0 Å². The number of nitrogens with zero attached hydrogens (tertiary/aromatic N) is 3. The van der Waals surface area contributed by atoms with Crippen molar-refractivity contribution < 1.29 is 23.3 Å². The minimum absolute atomic E-state index is 0.156. The normalized spacial score (nSPS) is 21.6. The third-order valence-electron chi connectivity index (χ3n) is 6.08. The highest BCUT2D eigenvalue weighted by Gasteiger charge is 2.41. The first kappa shape index (κ1) is 31.6. The Morgan fingerprint density at radius 3 is 2.76 bits per heavy atom. The molecule has 0 bridgehead atoms. The van der Waals surface area contributed by atoms with Crippen LogP contribution in [0.1, 0.15) is 41.0 Å². The Bertz CT molecular complexity index is 1190. The number of anilines is 4. The van der Waals surface area contributed by atoms with E-state index in [4.69, 9.17) is 35.9 Å². The fourth-order valence-electron chi connectivity index (χ4n) is 4.31. The molecule has 0 amide bonds. The van der Waals surface area contributed by atoms with Crippen molar-refractivity contribution in [3.05, 3.63) is 29.3 Å². The number of hydrogen-bond acceptors (Lipinski definition) is 14. The summed E-state index contributed by atoms with van der Waals surface area (Å²) in [6.07, 6.45) is 2.17. The number of fused-ring (bicyclic) bond motifs is 1. The summed E-state index contributed by atoms with van der Waals surface area (Å²) in [6.45, 7) is 10.0. The van der Waals surface area contributed by atoms with Gasteiger partial charge in [-0.2, -0.15) is 14.8 Å². The van der Waals surface area contributed by atoms with Gasteiger partial charge in [0.15, 0.2) is 11.6 Å². The zero-order valence-corrected chi connectivity index (χ0v) is 26.4. The van der Waals surface area contributed by atoms with E-state index in [1.54, 1.807) is 31.2 Å². The molecule has 2 aliphatic heterocycles. The van der Waals surface area contributed by atoms with Gasteiger partial charge >= 0.3 is 14.5 Å². The molecule has 0 aliphatic carbocycles. The predicted molar refractivity (Wildman–Crippen MR) is 164 cm³/mol. The number of ether oxygens (including phenoxy) is 2. The summed E-state index contributed by atoms with van der Waals surface area (Å²) in [6, 6.07) is 6.28. The van der Waals surface area contributed by atoms with Crippen LogP contribution >= 0.6 is 32.1 Å². The van der Waals surface area contributed by atoms with E-state index in [2.05, 4.69) is 37.6 Å². The second kappa shape index (κ2) is 13.8. The van der Waals surface area contributed by atoms with Crippen molar-refractivity contribution in [3.63, 3.8) is 0 Å². The molecule has 1 aromatic carbocycles. The first-order valence-electron chi connectivity index (χ1n) is 13.2. The summed E-state index contributed by atoms with van der Waals surface area (Å²) < 4.78 is 24.2. The topological polar surface area (TPSA) is 157 Å². The van der Waals surface area contributed by atoms with Crippen LogP contribution in [0.2, 0.25) is 5.02 Å². The number of nitrogens with two attached hydrogens (primary N) is 1. The summed E-state index contributed by atoms with van der Waals surface area (Å²) in [5.41, 5.74) is 9.17. The second-order valence-corrected chi connectivity index (χ2v) is 13.0. The highest BCUT2D eigenvalue weighted by Crippen LogP contribution is 2.42. The second-order valence-electron chi connectivity index (χ2n) is 10.7. The predicted octanol–water partition coefficient (Wildman–Crippen LogP) is 4.49. The molecule has 6 N–H and O–H groups in total. The molecule has 13 nitrogen and oxygen atoms in total. The smallest absolute Gasteiger partial charge is 0.323 e. The van der Waals surface area contributed by atoms with Crippen molar-refractivity contribution >= 4 is 61.3 Å². The van der Waals surface area contributed by atoms with E-state index in [-0.39, 0.29) is 30.8 Å². The number of esters is 1. The third-order valence-corrected chi connectivity index (χ3v) is 7.99. The van der Waals surface area contributed by atoms with Crippen LogP contribution in [-0.2, 0) is 18.8 Å².